The molecule has 1 aromatic heterocycles. The largest absolute Gasteiger partial charge is 0.493 e. The second kappa shape index (κ2) is 10.9. The van der Waals surface area contributed by atoms with Crippen molar-refractivity contribution in [3.8, 4) is 11.5 Å². The van der Waals surface area contributed by atoms with Gasteiger partial charge in [-0.1, -0.05) is 23.5 Å². The number of fused-ring (bicyclic) bond motifs is 1. The van der Waals surface area contributed by atoms with Crippen LogP contribution in [0.3, 0.4) is 0 Å². The van der Waals surface area contributed by atoms with Gasteiger partial charge in [-0.15, -0.1) is 24.2 Å². The summed E-state index contributed by atoms with van der Waals surface area (Å²) in [4.78, 5) is 23.3. The Balaban J connectivity index is 0.00000320. The standard InChI is InChI=1S/C21H25N3O3S2.ClH/c1-23(2)12-13-24(20(25)14-8-6-9-15(26-3)19(14)27-4)21-22-18-16(28-5)10-7-11-17(18)29-21;/h6-11H,12-13H2,1-5H3;1H. The number of amides is 1. The van der Waals surface area contributed by atoms with Crippen molar-refractivity contribution in [1.29, 1.82) is 0 Å². The van der Waals surface area contributed by atoms with Gasteiger partial charge in [0.2, 0.25) is 0 Å². The van der Waals surface area contributed by atoms with Gasteiger partial charge in [0, 0.05) is 18.0 Å². The highest BCUT2D eigenvalue weighted by Crippen LogP contribution is 2.36. The van der Waals surface area contributed by atoms with Crippen LogP contribution in [0.25, 0.3) is 10.2 Å². The maximum Gasteiger partial charge on any atom is 0.264 e. The lowest BCUT2D eigenvalue weighted by Gasteiger charge is -2.23. The number of likely N-dealkylation sites (N-methyl/N-ethyl adjacent to an activating group) is 1. The van der Waals surface area contributed by atoms with Crippen molar-refractivity contribution in [3.63, 3.8) is 0 Å². The van der Waals surface area contributed by atoms with E-state index in [-0.39, 0.29) is 18.3 Å². The number of carbonyl (C=O) groups is 1. The molecular weight excluding hydrogens is 442 g/mol. The summed E-state index contributed by atoms with van der Waals surface area (Å²) in [5.74, 6) is 0.799. The van der Waals surface area contributed by atoms with Gasteiger partial charge in [0.15, 0.2) is 16.6 Å². The van der Waals surface area contributed by atoms with Gasteiger partial charge < -0.3 is 14.4 Å². The van der Waals surface area contributed by atoms with Crippen molar-refractivity contribution in [2.45, 2.75) is 4.90 Å². The van der Waals surface area contributed by atoms with Crippen molar-refractivity contribution in [2.24, 2.45) is 0 Å². The number of anilines is 1. The molecule has 0 N–H and O–H groups in total. The maximum absolute atomic E-state index is 13.6. The van der Waals surface area contributed by atoms with Gasteiger partial charge in [-0.25, -0.2) is 4.98 Å². The molecular formula is C21H26ClN3O3S2. The highest BCUT2D eigenvalue weighted by atomic mass is 35.5. The maximum atomic E-state index is 13.6. The predicted molar refractivity (Wildman–Crippen MR) is 128 cm³/mol. The number of aromatic nitrogens is 1. The molecule has 1 amide bonds. The average Bonchev–Trinajstić information content (AvgIpc) is 3.16. The zero-order valence-electron chi connectivity index (χ0n) is 17.7. The number of benzene rings is 2. The van der Waals surface area contributed by atoms with Crippen LogP contribution in [0.2, 0.25) is 0 Å². The Labute approximate surface area is 191 Å². The lowest BCUT2D eigenvalue weighted by molar-refractivity contribution is 0.0981. The van der Waals surface area contributed by atoms with E-state index in [2.05, 4.69) is 0 Å². The molecule has 0 aliphatic carbocycles. The quantitative estimate of drug-likeness (QED) is 0.449. The number of rotatable bonds is 8. The fourth-order valence-corrected chi connectivity index (χ4v) is 4.62. The number of hydrogen-bond donors (Lipinski definition) is 0. The van der Waals surface area contributed by atoms with E-state index in [1.165, 1.54) is 11.3 Å². The number of para-hydroxylation sites is 2. The second-order valence-corrected chi connectivity index (χ2v) is 8.46. The van der Waals surface area contributed by atoms with E-state index < -0.39 is 0 Å². The fourth-order valence-electron chi connectivity index (χ4n) is 2.98. The number of thioether (sulfide) groups is 1. The molecule has 0 spiro atoms. The van der Waals surface area contributed by atoms with Crippen LogP contribution >= 0.6 is 35.5 Å². The molecule has 3 rings (SSSR count). The zero-order valence-corrected chi connectivity index (χ0v) is 20.1. The molecule has 0 bridgehead atoms. The van der Waals surface area contributed by atoms with Crippen molar-refractivity contribution < 1.29 is 14.3 Å². The molecule has 162 valence electrons. The molecule has 2 aromatic carbocycles. The number of carbonyl (C=O) groups excluding carboxylic acids is 1. The Morgan fingerprint density at radius 1 is 1.10 bits per heavy atom. The summed E-state index contributed by atoms with van der Waals surface area (Å²) < 4.78 is 11.9. The predicted octanol–water partition coefficient (Wildman–Crippen LogP) is 4.67. The summed E-state index contributed by atoms with van der Waals surface area (Å²) in [6.45, 7) is 1.23. The molecule has 0 unspecified atom stereocenters. The van der Waals surface area contributed by atoms with Crippen LogP contribution in [0.1, 0.15) is 10.4 Å². The van der Waals surface area contributed by atoms with Crippen molar-refractivity contribution >= 4 is 56.8 Å². The van der Waals surface area contributed by atoms with Crippen LogP contribution < -0.4 is 14.4 Å². The molecule has 0 saturated heterocycles. The topological polar surface area (TPSA) is 54.9 Å². The van der Waals surface area contributed by atoms with Crippen LogP contribution in [0, 0.1) is 0 Å². The van der Waals surface area contributed by atoms with Crippen molar-refractivity contribution in [2.75, 3.05) is 52.6 Å². The van der Waals surface area contributed by atoms with Crippen LogP contribution in [0.4, 0.5) is 5.13 Å². The van der Waals surface area contributed by atoms with Gasteiger partial charge in [-0.05, 0) is 44.6 Å². The number of ether oxygens (including phenoxy) is 2. The number of hydrogen-bond acceptors (Lipinski definition) is 7. The van der Waals surface area contributed by atoms with Gasteiger partial charge in [0.1, 0.15) is 0 Å². The number of halogens is 1. The molecule has 30 heavy (non-hydrogen) atoms. The summed E-state index contributed by atoms with van der Waals surface area (Å²) in [5, 5.41) is 0.679. The minimum Gasteiger partial charge on any atom is -0.493 e. The minimum atomic E-state index is -0.160. The van der Waals surface area contributed by atoms with E-state index in [0.29, 0.717) is 35.3 Å². The second-order valence-electron chi connectivity index (χ2n) is 6.60. The molecule has 1 heterocycles. The van der Waals surface area contributed by atoms with E-state index in [1.54, 1.807) is 49.1 Å². The Morgan fingerprint density at radius 3 is 2.47 bits per heavy atom. The highest BCUT2D eigenvalue weighted by molar-refractivity contribution is 7.98. The summed E-state index contributed by atoms with van der Waals surface area (Å²) in [7, 11) is 7.08. The first kappa shape index (κ1) is 24.3. The third-order valence-electron chi connectivity index (χ3n) is 4.47. The molecule has 0 aliphatic rings. The third-order valence-corrected chi connectivity index (χ3v) is 6.28. The zero-order chi connectivity index (χ0) is 21.0. The molecule has 0 radical (unpaired) electrons. The van der Waals surface area contributed by atoms with Crippen molar-refractivity contribution in [1.82, 2.24) is 9.88 Å². The third kappa shape index (κ3) is 5.00. The van der Waals surface area contributed by atoms with Crippen LogP contribution in [-0.4, -0.2) is 63.5 Å². The summed E-state index contributed by atoms with van der Waals surface area (Å²) in [6, 6.07) is 11.4. The lowest BCUT2D eigenvalue weighted by atomic mass is 10.1. The average molecular weight is 468 g/mol. The molecule has 0 atom stereocenters. The van der Waals surface area contributed by atoms with E-state index in [1.807, 2.05) is 43.5 Å². The number of nitrogens with zero attached hydrogens (tertiary/aromatic N) is 3. The lowest BCUT2D eigenvalue weighted by Crippen LogP contribution is -2.37. The Hall–Kier alpha value is -2.00. The molecule has 6 nitrogen and oxygen atoms in total. The SMILES string of the molecule is COc1cccc(C(=O)N(CCN(C)C)c2nc3c(SC)cccc3s2)c1OC.Cl. The minimum absolute atomic E-state index is 0. The molecule has 0 saturated carbocycles. The van der Waals surface area contributed by atoms with Crippen LogP contribution in [0.5, 0.6) is 11.5 Å². The molecule has 3 aromatic rings. The number of methoxy groups -OCH3 is 2. The van der Waals surface area contributed by atoms with Gasteiger partial charge in [-0.2, -0.15) is 0 Å². The Morgan fingerprint density at radius 2 is 1.83 bits per heavy atom. The monoisotopic (exact) mass is 467 g/mol. The smallest absolute Gasteiger partial charge is 0.264 e. The molecule has 9 heteroatoms. The Kier molecular flexibility index (Phi) is 8.78. The first-order valence-corrected chi connectivity index (χ1v) is 11.2. The van der Waals surface area contributed by atoms with Gasteiger partial charge >= 0.3 is 0 Å². The van der Waals surface area contributed by atoms with E-state index in [4.69, 9.17) is 14.5 Å². The van der Waals surface area contributed by atoms with Gasteiger partial charge in [0.05, 0.1) is 30.0 Å². The van der Waals surface area contributed by atoms with Gasteiger partial charge in [0.25, 0.3) is 5.91 Å². The van der Waals surface area contributed by atoms with Crippen LogP contribution in [0.15, 0.2) is 41.3 Å². The summed E-state index contributed by atoms with van der Waals surface area (Å²) >= 11 is 3.18. The molecule has 0 aliphatic heterocycles. The van der Waals surface area contributed by atoms with Gasteiger partial charge in [-0.3, -0.25) is 9.69 Å². The fraction of sp³-hybridized carbons (Fsp3) is 0.333. The number of thiazole rings is 1. The first-order valence-electron chi connectivity index (χ1n) is 9.11. The summed E-state index contributed by atoms with van der Waals surface area (Å²) in [5.41, 5.74) is 1.38. The van der Waals surface area contributed by atoms with E-state index in [0.717, 1.165) is 15.1 Å². The Bertz CT molecular complexity index is 1010. The van der Waals surface area contributed by atoms with Crippen LogP contribution in [-0.2, 0) is 0 Å². The first-order chi connectivity index (χ1) is 14.0. The highest BCUT2D eigenvalue weighted by Gasteiger charge is 2.26. The normalized spacial score (nSPS) is 10.7. The molecule has 0 fully saturated rings. The van der Waals surface area contributed by atoms with E-state index >= 15 is 0 Å². The summed E-state index contributed by atoms with van der Waals surface area (Å²) in [6.07, 6.45) is 2.03. The van der Waals surface area contributed by atoms with Crippen molar-refractivity contribution in [3.05, 3.63) is 42.0 Å². The van der Waals surface area contributed by atoms with E-state index in [9.17, 15) is 4.79 Å².